The summed E-state index contributed by atoms with van der Waals surface area (Å²) < 4.78 is 6.30. The Morgan fingerprint density at radius 2 is 1.95 bits per heavy atom. The van der Waals surface area contributed by atoms with Gasteiger partial charge in [-0.25, -0.2) is 0 Å². The first-order valence-electron chi connectivity index (χ1n) is 7.41. The van der Waals surface area contributed by atoms with E-state index in [9.17, 15) is 0 Å². The summed E-state index contributed by atoms with van der Waals surface area (Å²) in [6.07, 6.45) is 6.19. The molecular formula is C18H26O. The van der Waals surface area contributed by atoms with Gasteiger partial charge in [-0.3, -0.25) is 0 Å². The molecular weight excluding hydrogens is 232 g/mol. The number of benzene rings is 1. The first kappa shape index (κ1) is 14.3. The lowest BCUT2D eigenvalue weighted by Gasteiger charge is -2.39. The highest BCUT2D eigenvalue weighted by Crippen LogP contribution is 2.36. The van der Waals surface area contributed by atoms with Crippen LogP contribution in [0.3, 0.4) is 0 Å². The third-order valence-electron chi connectivity index (χ3n) is 3.85. The topological polar surface area (TPSA) is 9.23 Å². The smallest absolute Gasteiger partial charge is 0.0842 e. The van der Waals surface area contributed by atoms with Crippen molar-refractivity contribution in [2.75, 3.05) is 0 Å². The Hall–Kier alpha value is -1.08. The van der Waals surface area contributed by atoms with Crippen molar-refractivity contribution in [3.63, 3.8) is 0 Å². The molecule has 1 atom stereocenters. The quantitative estimate of drug-likeness (QED) is 0.735. The normalized spacial score (nSPS) is 24.9. The molecule has 1 nitrogen and oxygen atoms in total. The first-order chi connectivity index (χ1) is 8.97. The fraction of sp³-hybridized carbons (Fsp3) is 0.556. The fourth-order valence-electron chi connectivity index (χ4n) is 2.86. The molecule has 2 rings (SSSR count). The zero-order chi connectivity index (χ0) is 13.9. The van der Waals surface area contributed by atoms with Crippen molar-refractivity contribution < 1.29 is 4.74 Å². The van der Waals surface area contributed by atoms with Crippen LogP contribution in [-0.2, 0) is 4.74 Å². The van der Waals surface area contributed by atoms with Gasteiger partial charge in [-0.1, -0.05) is 50.3 Å². The summed E-state index contributed by atoms with van der Waals surface area (Å²) in [5, 5.41) is 0. The third-order valence-corrected chi connectivity index (χ3v) is 3.85. The number of ether oxygens (including phenoxy) is 1. The fourth-order valence-corrected chi connectivity index (χ4v) is 2.86. The summed E-state index contributed by atoms with van der Waals surface area (Å²) in [6, 6.07) is 10.5. The molecule has 0 spiro atoms. The lowest BCUT2D eigenvalue weighted by atomic mass is 9.85. The zero-order valence-electron chi connectivity index (χ0n) is 12.6. The van der Waals surface area contributed by atoms with Gasteiger partial charge in [-0.05, 0) is 50.2 Å². The van der Waals surface area contributed by atoms with E-state index in [1.807, 2.05) is 0 Å². The molecule has 104 valence electrons. The average Bonchev–Trinajstić information content (AvgIpc) is 2.33. The van der Waals surface area contributed by atoms with E-state index in [2.05, 4.69) is 64.1 Å². The highest BCUT2D eigenvalue weighted by Gasteiger charge is 2.32. The number of hydrogen-bond acceptors (Lipinski definition) is 1. The number of hydrogen-bond donors (Lipinski definition) is 0. The van der Waals surface area contributed by atoms with E-state index in [1.165, 1.54) is 17.6 Å². The highest BCUT2D eigenvalue weighted by molar-refractivity contribution is 5.55. The van der Waals surface area contributed by atoms with Crippen molar-refractivity contribution >= 4 is 6.08 Å². The van der Waals surface area contributed by atoms with E-state index in [4.69, 9.17) is 4.74 Å². The molecule has 0 amide bonds. The van der Waals surface area contributed by atoms with Crippen LogP contribution in [0.25, 0.3) is 6.08 Å². The van der Waals surface area contributed by atoms with Crippen molar-refractivity contribution in [1.82, 2.24) is 0 Å². The van der Waals surface area contributed by atoms with Gasteiger partial charge < -0.3 is 4.74 Å². The second-order valence-electron chi connectivity index (χ2n) is 6.50. The summed E-state index contributed by atoms with van der Waals surface area (Å²) in [5.74, 6) is 0.709. The Balaban J connectivity index is 2.10. The molecule has 0 saturated carbocycles. The molecule has 0 N–H and O–H groups in total. The Morgan fingerprint density at radius 1 is 1.26 bits per heavy atom. The van der Waals surface area contributed by atoms with Crippen LogP contribution in [0.15, 0.2) is 35.9 Å². The molecule has 1 aliphatic heterocycles. The van der Waals surface area contributed by atoms with Gasteiger partial charge in [0.1, 0.15) is 0 Å². The molecule has 1 aliphatic rings. The molecule has 0 aromatic heterocycles. The lowest BCUT2D eigenvalue weighted by Crippen LogP contribution is -2.38. The monoisotopic (exact) mass is 258 g/mol. The lowest BCUT2D eigenvalue weighted by molar-refractivity contribution is -0.0793. The van der Waals surface area contributed by atoms with Crippen LogP contribution in [0.5, 0.6) is 0 Å². The van der Waals surface area contributed by atoms with Crippen LogP contribution in [-0.4, -0.2) is 11.7 Å². The van der Waals surface area contributed by atoms with E-state index in [1.54, 1.807) is 0 Å². The van der Waals surface area contributed by atoms with Gasteiger partial charge in [-0.2, -0.15) is 0 Å². The van der Waals surface area contributed by atoms with Crippen LogP contribution in [0.2, 0.25) is 0 Å². The molecule has 1 fully saturated rings. The SMILES string of the molecule is CC(C)CC1CC/C(=C\c2ccccc2)C(C)(C)O1. The molecule has 1 heteroatoms. The maximum Gasteiger partial charge on any atom is 0.0842 e. The molecule has 19 heavy (non-hydrogen) atoms. The van der Waals surface area contributed by atoms with Crippen LogP contribution < -0.4 is 0 Å². The summed E-state index contributed by atoms with van der Waals surface area (Å²) in [4.78, 5) is 0. The van der Waals surface area contributed by atoms with Crippen molar-refractivity contribution in [2.24, 2.45) is 5.92 Å². The van der Waals surface area contributed by atoms with Crippen molar-refractivity contribution in [2.45, 2.75) is 58.7 Å². The predicted molar refractivity (Wildman–Crippen MR) is 82.1 cm³/mol. The molecule has 1 unspecified atom stereocenters. The summed E-state index contributed by atoms with van der Waals surface area (Å²) in [6.45, 7) is 8.94. The number of rotatable bonds is 3. The summed E-state index contributed by atoms with van der Waals surface area (Å²) in [7, 11) is 0. The predicted octanol–water partition coefficient (Wildman–Crippen LogP) is 5.07. The zero-order valence-corrected chi connectivity index (χ0v) is 12.6. The van der Waals surface area contributed by atoms with Crippen molar-refractivity contribution in [3.8, 4) is 0 Å². The molecule has 1 saturated heterocycles. The Labute approximate surface area is 117 Å². The van der Waals surface area contributed by atoms with E-state index in [0.717, 1.165) is 12.8 Å². The van der Waals surface area contributed by atoms with Crippen LogP contribution in [0, 0.1) is 5.92 Å². The third kappa shape index (κ3) is 3.94. The standard InChI is InChI=1S/C18H26O/c1-14(2)12-17-11-10-16(18(3,4)19-17)13-15-8-6-5-7-9-15/h5-9,13-14,17H,10-12H2,1-4H3/b16-13+. The Morgan fingerprint density at radius 3 is 2.53 bits per heavy atom. The molecule has 0 radical (unpaired) electrons. The van der Waals surface area contributed by atoms with Gasteiger partial charge in [0.15, 0.2) is 0 Å². The molecule has 0 aliphatic carbocycles. The van der Waals surface area contributed by atoms with Gasteiger partial charge in [0, 0.05) is 0 Å². The first-order valence-corrected chi connectivity index (χ1v) is 7.41. The second-order valence-corrected chi connectivity index (χ2v) is 6.50. The minimum Gasteiger partial charge on any atom is -0.368 e. The minimum atomic E-state index is -0.131. The molecule has 1 aromatic carbocycles. The Kier molecular flexibility index (Phi) is 4.46. The Bertz CT molecular complexity index is 428. The molecule has 0 bridgehead atoms. The molecule has 1 heterocycles. The maximum atomic E-state index is 6.30. The van der Waals surface area contributed by atoms with E-state index < -0.39 is 0 Å². The van der Waals surface area contributed by atoms with Gasteiger partial charge in [-0.15, -0.1) is 0 Å². The summed E-state index contributed by atoms with van der Waals surface area (Å²) >= 11 is 0. The van der Waals surface area contributed by atoms with Crippen molar-refractivity contribution in [3.05, 3.63) is 41.5 Å². The average molecular weight is 258 g/mol. The minimum absolute atomic E-state index is 0.131. The highest BCUT2D eigenvalue weighted by atomic mass is 16.5. The molecule has 1 aromatic rings. The maximum absolute atomic E-state index is 6.30. The van der Waals surface area contributed by atoms with E-state index >= 15 is 0 Å². The largest absolute Gasteiger partial charge is 0.368 e. The van der Waals surface area contributed by atoms with Crippen LogP contribution >= 0.6 is 0 Å². The van der Waals surface area contributed by atoms with Crippen molar-refractivity contribution in [1.29, 1.82) is 0 Å². The van der Waals surface area contributed by atoms with Crippen LogP contribution in [0.4, 0.5) is 0 Å². The van der Waals surface area contributed by atoms with Gasteiger partial charge >= 0.3 is 0 Å². The van der Waals surface area contributed by atoms with Crippen LogP contribution in [0.1, 0.15) is 52.5 Å². The van der Waals surface area contributed by atoms with E-state index in [-0.39, 0.29) is 5.60 Å². The van der Waals surface area contributed by atoms with Gasteiger partial charge in [0.2, 0.25) is 0 Å². The van der Waals surface area contributed by atoms with E-state index in [0.29, 0.717) is 12.0 Å². The van der Waals surface area contributed by atoms with Gasteiger partial charge in [0.25, 0.3) is 0 Å². The van der Waals surface area contributed by atoms with Gasteiger partial charge in [0.05, 0.1) is 11.7 Å². The summed E-state index contributed by atoms with van der Waals surface area (Å²) in [5.41, 5.74) is 2.56. The second kappa shape index (κ2) is 5.92.